The lowest BCUT2D eigenvalue weighted by molar-refractivity contribution is -0.203. The van der Waals surface area contributed by atoms with E-state index in [2.05, 4.69) is 32.2 Å². The average Bonchev–Trinajstić information content (AvgIpc) is 3.92. The van der Waals surface area contributed by atoms with Crippen molar-refractivity contribution in [1.29, 1.82) is 0 Å². The summed E-state index contributed by atoms with van der Waals surface area (Å²) in [6, 6.07) is 10.8. The van der Waals surface area contributed by atoms with E-state index in [9.17, 15) is 30.3 Å². The van der Waals surface area contributed by atoms with Gasteiger partial charge < -0.3 is 50.2 Å². The number of esters is 1. The van der Waals surface area contributed by atoms with Crippen molar-refractivity contribution in [1.82, 2.24) is 20.1 Å². The summed E-state index contributed by atoms with van der Waals surface area (Å²) in [5.74, 6) is -0.972. The van der Waals surface area contributed by atoms with Gasteiger partial charge >= 0.3 is 5.97 Å². The molecule has 0 radical (unpaired) electrons. The molecule has 1 aliphatic carbocycles. The van der Waals surface area contributed by atoms with Gasteiger partial charge in [-0.15, -0.1) is 0 Å². The van der Waals surface area contributed by atoms with E-state index in [1.807, 2.05) is 62.2 Å². The number of carbonyl (C=O) groups is 2. The third-order valence-corrected chi connectivity index (χ3v) is 15.9. The van der Waals surface area contributed by atoms with Crippen molar-refractivity contribution in [2.45, 2.75) is 98.7 Å². The quantitative estimate of drug-likeness (QED) is 0.122. The fourth-order valence-electron chi connectivity index (χ4n) is 13.4. The summed E-state index contributed by atoms with van der Waals surface area (Å²) in [5, 5.41) is 61.4. The van der Waals surface area contributed by atoms with Crippen molar-refractivity contribution in [3.63, 3.8) is 0 Å². The number of benzene rings is 2. The van der Waals surface area contributed by atoms with E-state index in [-0.39, 0.29) is 18.5 Å². The molecular weight excluding hydrogens is 767 g/mol. The molecule has 11 atom stereocenters. The molecular formula is C46H61N5O9. The van der Waals surface area contributed by atoms with Gasteiger partial charge in [-0.1, -0.05) is 44.2 Å². The molecule has 2 saturated heterocycles. The highest BCUT2D eigenvalue weighted by Crippen LogP contribution is 2.67. The largest absolute Gasteiger partial charge is 0.496 e. The van der Waals surface area contributed by atoms with Gasteiger partial charge in [-0.2, -0.15) is 0 Å². The fourth-order valence-corrected chi connectivity index (χ4v) is 13.4. The van der Waals surface area contributed by atoms with Crippen LogP contribution in [-0.4, -0.2) is 155 Å². The van der Waals surface area contributed by atoms with E-state index in [0.29, 0.717) is 88.2 Å². The minimum atomic E-state index is -2.39. The number of aromatic nitrogens is 1. The molecule has 9 rings (SSSR count). The minimum Gasteiger partial charge on any atom is -0.496 e. The maximum atomic E-state index is 15.3. The molecule has 1 saturated carbocycles. The molecule has 2 aromatic carbocycles. The molecule has 14 nitrogen and oxygen atoms in total. The van der Waals surface area contributed by atoms with Crippen LogP contribution in [0.5, 0.6) is 5.75 Å². The summed E-state index contributed by atoms with van der Waals surface area (Å²) in [5.41, 5.74) is -1.99. The molecule has 324 valence electrons. The second kappa shape index (κ2) is 14.5. The molecule has 1 spiro atoms. The highest BCUT2D eigenvalue weighted by Gasteiger charge is 2.78. The number of hydrogen-bond acceptors (Lipinski definition) is 12. The minimum absolute atomic E-state index is 0.113. The zero-order valence-corrected chi connectivity index (χ0v) is 35.4. The fraction of sp³-hybridized carbons (Fsp3) is 0.609. The summed E-state index contributed by atoms with van der Waals surface area (Å²) in [6.07, 6.45) is 4.17. The van der Waals surface area contributed by atoms with Gasteiger partial charge in [-0.25, -0.2) is 0 Å². The standard InChI is InChI=1S/C46H61N5O9/c1-6-42(57)21-27-22-45(41(56)60-5,36-30(13-17-50(24-27)26-42)29-11-8-9-12-33(29)48-36)32-19-31-34(20-35(32)59-4)49(3)38-44(31)15-18-51-16-10-14-43(7-2,37(44)51)39(54)46(38,58)40(55)47-23-28(53)25-52/h8-12,14,19-20,27-28,37-39,48,52-54,57-58H,6-7,13,15-18,21-26H2,1-5H3,(H,47,55)/t27-,28?,37+,38-,39-,42+,43-,44-,45+,46+/m1/s1. The number of ether oxygens (including phenoxy) is 2. The van der Waals surface area contributed by atoms with Gasteiger partial charge in [-0.3, -0.25) is 19.4 Å². The lowest BCUT2D eigenvalue weighted by atomic mass is 9.47. The van der Waals surface area contributed by atoms with Crippen molar-refractivity contribution < 1.29 is 44.6 Å². The van der Waals surface area contributed by atoms with Gasteiger partial charge in [0, 0.05) is 90.6 Å². The molecule has 60 heavy (non-hydrogen) atoms. The number of nitrogens with one attached hydrogen (secondary N) is 2. The van der Waals surface area contributed by atoms with Gasteiger partial charge in [-0.05, 0) is 74.2 Å². The number of hydrogen-bond donors (Lipinski definition) is 7. The van der Waals surface area contributed by atoms with Crippen LogP contribution < -0.4 is 15.0 Å². The predicted molar refractivity (Wildman–Crippen MR) is 225 cm³/mol. The number of nitrogens with zero attached hydrogens (tertiary/aromatic N) is 3. The molecule has 1 aromatic heterocycles. The second-order valence-corrected chi connectivity index (χ2v) is 18.7. The van der Waals surface area contributed by atoms with E-state index in [1.54, 1.807) is 7.11 Å². The van der Waals surface area contributed by atoms with Crippen molar-refractivity contribution in [2.75, 3.05) is 72.0 Å². The number of methoxy groups -OCH3 is 2. The van der Waals surface area contributed by atoms with Crippen molar-refractivity contribution in [2.24, 2.45) is 11.3 Å². The van der Waals surface area contributed by atoms with Crippen LogP contribution in [-0.2, 0) is 31.6 Å². The number of rotatable bonds is 9. The summed E-state index contributed by atoms with van der Waals surface area (Å²) in [7, 11) is 4.84. The third kappa shape index (κ3) is 5.43. The number of likely N-dealkylation sites (N-methyl/N-ethyl adjacent to an activating group) is 1. The molecule has 5 aliphatic heterocycles. The Balaban J connectivity index is 1.33. The Labute approximate surface area is 351 Å². The van der Waals surface area contributed by atoms with Crippen LogP contribution in [0.1, 0.15) is 68.3 Å². The topological polar surface area (TPSA) is 191 Å². The van der Waals surface area contributed by atoms with Crippen LogP contribution in [0.2, 0.25) is 0 Å². The van der Waals surface area contributed by atoms with Gasteiger partial charge in [0.15, 0.2) is 5.60 Å². The molecule has 3 aromatic rings. The molecule has 14 heteroatoms. The van der Waals surface area contributed by atoms with Gasteiger partial charge in [0.25, 0.3) is 5.91 Å². The Hall–Kier alpha value is -4.02. The predicted octanol–water partition coefficient (Wildman–Crippen LogP) is 1.72. The Kier molecular flexibility index (Phi) is 10.0. The Bertz CT molecular complexity index is 2230. The lowest BCUT2D eigenvalue weighted by Crippen LogP contribution is -2.81. The summed E-state index contributed by atoms with van der Waals surface area (Å²) < 4.78 is 12.3. The van der Waals surface area contributed by atoms with Crippen LogP contribution in [0.15, 0.2) is 48.6 Å². The Morgan fingerprint density at radius 3 is 2.55 bits per heavy atom. The number of aliphatic hydroxyl groups is 5. The van der Waals surface area contributed by atoms with E-state index >= 15 is 4.79 Å². The molecule has 2 bridgehead atoms. The molecule has 6 aliphatic rings. The van der Waals surface area contributed by atoms with E-state index in [4.69, 9.17) is 9.47 Å². The number of para-hydroxylation sites is 1. The summed E-state index contributed by atoms with van der Waals surface area (Å²) in [6.45, 7) is 6.29. The normalized spacial score (nSPS) is 37.2. The molecule has 1 amide bonds. The average molecular weight is 828 g/mol. The number of piperidine rings is 1. The van der Waals surface area contributed by atoms with Crippen molar-refractivity contribution in [3.8, 4) is 5.75 Å². The second-order valence-electron chi connectivity index (χ2n) is 18.7. The maximum Gasteiger partial charge on any atom is 0.322 e. The van der Waals surface area contributed by atoms with E-state index < -0.39 is 64.2 Å². The molecule has 2 unspecified atom stereocenters. The first-order valence-corrected chi connectivity index (χ1v) is 21.7. The molecule has 3 fully saturated rings. The lowest BCUT2D eigenvalue weighted by Gasteiger charge is -2.63. The smallest absolute Gasteiger partial charge is 0.322 e. The van der Waals surface area contributed by atoms with Crippen molar-refractivity contribution >= 4 is 28.5 Å². The third-order valence-electron chi connectivity index (χ3n) is 15.9. The van der Waals surface area contributed by atoms with E-state index in [1.165, 1.54) is 7.11 Å². The van der Waals surface area contributed by atoms with Gasteiger partial charge in [0.2, 0.25) is 0 Å². The molecule has 7 N–H and O–H groups in total. The Morgan fingerprint density at radius 1 is 1.05 bits per heavy atom. The maximum absolute atomic E-state index is 15.3. The number of aliphatic hydroxyl groups excluding tert-OH is 3. The van der Waals surface area contributed by atoms with Crippen molar-refractivity contribution in [3.05, 3.63) is 70.9 Å². The number of aromatic amines is 1. The first-order valence-electron chi connectivity index (χ1n) is 21.7. The highest BCUT2D eigenvalue weighted by atomic mass is 16.5. The number of carbonyl (C=O) groups excluding carboxylic acids is 2. The number of fused-ring (bicyclic) bond motifs is 6. The van der Waals surface area contributed by atoms with Crippen LogP contribution in [0.3, 0.4) is 0 Å². The van der Waals surface area contributed by atoms with Crippen LogP contribution in [0.25, 0.3) is 10.9 Å². The highest BCUT2D eigenvalue weighted by molar-refractivity contribution is 5.95. The SMILES string of the molecule is CC[C@]1(O)C[C@H]2CN(CCc3c([nH]c4ccccc34)[C@@](C(=O)OC)(c3cc4c(cc3OC)N(C)[C@H]3[C@@](O)(C(=O)NCC(O)CO)[C@H](O)[C@]5(CC)C=CCN6CC[C@]43[C@@H]65)C2)C1. The van der Waals surface area contributed by atoms with Crippen LogP contribution in [0.4, 0.5) is 5.69 Å². The zero-order valence-electron chi connectivity index (χ0n) is 35.4. The van der Waals surface area contributed by atoms with E-state index in [0.717, 1.165) is 27.7 Å². The summed E-state index contributed by atoms with van der Waals surface area (Å²) >= 11 is 0. The Morgan fingerprint density at radius 2 is 1.83 bits per heavy atom. The number of anilines is 1. The van der Waals surface area contributed by atoms with Crippen LogP contribution in [0, 0.1) is 11.3 Å². The molecule has 6 heterocycles. The number of H-pyrrole nitrogens is 1. The first kappa shape index (κ1) is 41.3. The summed E-state index contributed by atoms with van der Waals surface area (Å²) in [4.78, 5) is 40.3. The van der Waals surface area contributed by atoms with Crippen LogP contribution >= 0.6 is 0 Å². The zero-order chi connectivity index (χ0) is 42.6. The van der Waals surface area contributed by atoms with Gasteiger partial charge in [0.05, 0.1) is 38.6 Å². The number of amides is 1. The first-order chi connectivity index (χ1) is 28.7. The monoisotopic (exact) mass is 827 g/mol. The van der Waals surface area contributed by atoms with Gasteiger partial charge in [0.1, 0.15) is 17.3 Å².